The van der Waals surface area contributed by atoms with E-state index in [1.165, 1.54) is 0 Å². The molecule has 144 valence electrons. The molecule has 27 heavy (non-hydrogen) atoms. The minimum atomic E-state index is -0.303. The molecule has 0 N–H and O–H groups in total. The van der Waals surface area contributed by atoms with E-state index in [0.29, 0.717) is 22.9 Å². The summed E-state index contributed by atoms with van der Waals surface area (Å²) in [5.74, 6) is 0.372. The van der Waals surface area contributed by atoms with Gasteiger partial charge >= 0.3 is 5.97 Å². The van der Waals surface area contributed by atoms with Crippen molar-refractivity contribution in [3.05, 3.63) is 58.6 Å². The molecule has 1 atom stereocenters. The molecule has 0 spiro atoms. The lowest BCUT2D eigenvalue weighted by atomic mass is 10.2. The van der Waals surface area contributed by atoms with Crippen molar-refractivity contribution >= 4 is 29.5 Å². The highest BCUT2D eigenvalue weighted by molar-refractivity contribution is 6.32. The predicted octanol–water partition coefficient (Wildman–Crippen LogP) is 6.22. The van der Waals surface area contributed by atoms with Crippen molar-refractivity contribution < 1.29 is 14.3 Å². The van der Waals surface area contributed by atoms with Crippen LogP contribution in [0.25, 0.3) is 0 Å². The summed E-state index contributed by atoms with van der Waals surface area (Å²) in [4.78, 5) is 16.3. The molecule has 5 heteroatoms. The number of carbonyl (C=O) groups is 1. The molecule has 0 unspecified atom stereocenters. The van der Waals surface area contributed by atoms with Crippen LogP contribution in [0.3, 0.4) is 0 Å². The number of aliphatic imine (C=N–C) groups is 1. The molecule has 2 rings (SSSR count). The molecule has 0 aromatic heterocycles. The van der Waals surface area contributed by atoms with Gasteiger partial charge in [-0.05, 0) is 67.8 Å². The number of nitrogens with zero attached hydrogens (tertiary/aromatic N) is 1. The molecule has 0 amide bonds. The highest BCUT2D eigenvalue weighted by Crippen LogP contribution is 2.26. The third kappa shape index (κ3) is 6.72. The first-order valence-electron chi connectivity index (χ1n) is 9.31. The quantitative estimate of drug-likeness (QED) is 0.291. The maximum absolute atomic E-state index is 11.9. The summed E-state index contributed by atoms with van der Waals surface area (Å²) in [5, 5.41) is 0.560. The first-order valence-corrected chi connectivity index (χ1v) is 9.68. The Morgan fingerprint density at radius 3 is 2.56 bits per heavy atom. The number of hydrogen-bond acceptors (Lipinski definition) is 4. The number of unbranched alkanes of at least 4 members (excludes halogenated alkanes) is 1. The predicted molar refractivity (Wildman–Crippen MR) is 111 cm³/mol. The Bertz CT molecular complexity index is 772. The minimum Gasteiger partial charge on any atom is -0.489 e. The van der Waals surface area contributed by atoms with Crippen LogP contribution in [-0.2, 0) is 4.74 Å². The Balaban J connectivity index is 1.99. The van der Waals surface area contributed by atoms with E-state index >= 15 is 0 Å². The Morgan fingerprint density at radius 1 is 1.19 bits per heavy atom. The average Bonchev–Trinajstić information content (AvgIpc) is 2.68. The molecule has 0 aliphatic heterocycles. The van der Waals surface area contributed by atoms with Gasteiger partial charge in [0.05, 0.1) is 29.0 Å². The Kier molecular flexibility index (Phi) is 8.34. The van der Waals surface area contributed by atoms with Crippen molar-refractivity contribution in [2.45, 2.75) is 46.1 Å². The molecule has 0 fully saturated rings. The fraction of sp³-hybridized carbons (Fsp3) is 0.364. The smallest absolute Gasteiger partial charge is 0.338 e. The van der Waals surface area contributed by atoms with Crippen molar-refractivity contribution in [1.82, 2.24) is 0 Å². The molecule has 4 nitrogen and oxygen atoms in total. The molecule has 0 heterocycles. The van der Waals surface area contributed by atoms with E-state index in [1.54, 1.807) is 30.5 Å². The number of esters is 1. The van der Waals surface area contributed by atoms with Gasteiger partial charge in [0.15, 0.2) is 0 Å². The van der Waals surface area contributed by atoms with Gasteiger partial charge in [0.2, 0.25) is 0 Å². The second-order valence-electron chi connectivity index (χ2n) is 6.32. The van der Waals surface area contributed by atoms with Crippen LogP contribution < -0.4 is 4.74 Å². The van der Waals surface area contributed by atoms with Gasteiger partial charge in [-0.3, -0.25) is 4.99 Å². The van der Waals surface area contributed by atoms with Gasteiger partial charge in [0.25, 0.3) is 0 Å². The van der Waals surface area contributed by atoms with Crippen LogP contribution in [-0.4, -0.2) is 24.9 Å². The molecule has 0 saturated heterocycles. The molecule has 0 aliphatic carbocycles. The lowest BCUT2D eigenvalue weighted by Crippen LogP contribution is -2.09. The van der Waals surface area contributed by atoms with Crippen LogP contribution in [0.1, 0.15) is 56.0 Å². The number of hydrogen-bond donors (Lipinski definition) is 0. The number of ether oxygens (including phenoxy) is 2. The first-order chi connectivity index (χ1) is 13.0. The summed E-state index contributed by atoms with van der Waals surface area (Å²) in [6.07, 6.45) is 4.64. The topological polar surface area (TPSA) is 47.9 Å². The second-order valence-corrected chi connectivity index (χ2v) is 6.73. The van der Waals surface area contributed by atoms with E-state index in [9.17, 15) is 4.79 Å². The summed E-state index contributed by atoms with van der Waals surface area (Å²) < 4.78 is 11.0. The summed E-state index contributed by atoms with van der Waals surface area (Å²) >= 11 is 6.28. The first kappa shape index (κ1) is 21.0. The van der Waals surface area contributed by atoms with Gasteiger partial charge < -0.3 is 9.47 Å². The van der Waals surface area contributed by atoms with Crippen LogP contribution >= 0.6 is 11.6 Å². The average molecular weight is 388 g/mol. The molecule has 0 saturated carbocycles. The summed E-state index contributed by atoms with van der Waals surface area (Å²) in [6.45, 7) is 6.58. The van der Waals surface area contributed by atoms with E-state index in [2.05, 4.69) is 18.8 Å². The molecule has 2 aromatic carbocycles. The van der Waals surface area contributed by atoms with Crippen molar-refractivity contribution in [1.29, 1.82) is 0 Å². The monoisotopic (exact) mass is 387 g/mol. The maximum atomic E-state index is 11.9. The van der Waals surface area contributed by atoms with E-state index in [4.69, 9.17) is 21.1 Å². The third-order valence-corrected chi connectivity index (χ3v) is 4.35. The third-order valence-electron chi connectivity index (χ3n) is 4.06. The zero-order valence-corrected chi connectivity index (χ0v) is 16.8. The van der Waals surface area contributed by atoms with Crippen molar-refractivity contribution in [3.8, 4) is 5.75 Å². The standard InChI is InChI=1S/C22H26ClNO3/c1-4-6-13-26-22(25)18-8-10-19(11-9-18)24-15-17-7-12-21(20(23)14-17)27-16(3)5-2/h7-12,14-16H,4-6,13H2,1-3H3/t16-/m1/s1. The summed E-state index contributed by atoms with van der Waals surface area (Å²) in [7, 11) is 0. The molecular weight excluding hydrogens is 362 g/mol. The number of carbonyl (C=O) groups excluding carboxylic acids is 1. The fourth-order valence-electron chi connectivity index (χ4n) is 2.22. The van der Waals surface area contributed by atoms with E-state index in [1.807, 2.05) is 25.1 Å². The fourth-order valence-corrected chi connectivity index (χ4v) is 2.45. The van der Waals surface area contributed by atoms with Gasteiger partial charge in [-0.25, -0.2) is 4.79 Å². The minimum absolute atomic E-state index is 0.120. The van der Waals surface area contributed by atoms with Crippen molar-refractivity contribution in [2.75, 3.05) is 6.61 Å². The largest absolute Gasteiger partial charge is 0.489 e. The zero-order chi connectivity index (χ0) is 19.6. The van der Waals surface area contributed by atoms with Gasteiger partial charge in [-0.2, -0.15) is 0 Å². The molecule has 2 aromatic rings. The maximum Gasteiger partial charge on any atom is 0.338 e. The SMILES string of the molecule is CCCCOC(=O)c1ccc(N=Cc2ccc(O[C@H](C)CC)c(Cl)c2)cc1. The lowest BCUT2D eigenvalue weighted by molar-refractivity contribution is 0.0500. The molecule has 0 aliphatic rings. The van der Waals surface area contributed by atoms with Crippen LogP contribution in [0.4, 0.5) is 5.69 Å². The highest BCUT2D eigenvalue weighted by atomic mass is 35.5. The van der Waals surface area contributed by atoms with E-state index in [0.717, 1.165) is 30.5 Å². The second kappa shape index (κ2) is 10.7. The Morgan fingerprint density at radius 2 is 1.93 bits per heavy atom. The van der Waals surface area contributed by atoms with Gasteiger partial charge in [-0.15, -0.1) is 0 Å². The summed E-state index contributed by atoms with van der Waals surface area (Å²) in [5.41, 5.74) is 2.15. The van der Waals surface area contributed by atoms with Gasteiger partial charge in [0, 0.05) is 6.21 Å². The number of rotatable bonds is 9. The van der Waals surface area contributed by atoms with Crippen LogP contribution in [0.5, 0.6) is 5.75 Å². The highest BCUT2D eigenvalue weighted by Gasteiger charge is 2.07. The van der Waals surface area contributed by atoms with Crippen LogP contribution in [0.15, 0.2) is 47.5 Å². The van der Waals surface area contributed by atoms with Gasteiger partial charge in [0.1, 0.15) is 5.75 Å². The van der Waals surface area contributed by atoms with E-state index in [-0.39, 0.29) is 12.1 Å². The lowest BCUT2D eigenvalue weighted by Gasteiger charge is -2.13. The zero-order valence-electron chi connectivity index (χ0n) is 16.1. The molecule has 0 bridgehead atoms. The Labute approximate surface area is 166 Å². The van der Waals surface area contributed by atoms with Gasteiger partial charge in [-0.1, -0.05) is 31.9 Å². The van der Waals surface area contributed by atoms with E-state index < -0.39 is 0 Å². The van der Waals surface area contributed by atoms with Crippen LogP contribution in [0.2, 0.25) is 5.02 Å². The number of benzene rings is 2. The molecular formula is C22H26ClNO3. The normalized spacial score (nSPS) is 12.1. The Hall–Kier alpha value is -2.33. The van der Waals surface area contributed by atoms with Crippen molar-refractivity contribution in [3.63, 3.8) is 0 Å². The summed E-state index contributed by atoms with van der Waals surface area (Å²) in [6, 6.07) is 12.6. The van der Waals surface area contributed by atoms with Crippen molar-refractivity contribution in [2.24, 2.45) is 4.99 Å². The number of halogens is 1. The molecule has 0 radical (unpaired) electrons. The van der Waals surface area contributed by atoms with Crippen LogP contribution in [0, 0.1) is 0 Å².